The van der Waals surface area contributed by atoms with Gasteiger partial charge in [0.2, 0.25) is 0 Å². The van der Waals surface area contributed by atoms with Gasteiger partial charge >= 0.3 is 6.18 Å². The van der Waals surface area contributed by atoms with Gasteiger partial charge < -0.3 is 15.8 Å². The number of nitrogens with zero attached hydrogens (tertiary/aromatic N) is 1. The number of anilines is 2. The van der Waals surface area contributed by atoms with Gasteiger partial charge in [-0.25, -0.2) is 4.98 Å². The zero-order chi connectivity index (χ0) is 19.8. The van der Waals surface area contributed by atoms with E-state index in [2.05, 4.69) is 10.3 Å². The van der Waals surface area contributed by atoms with E-state index in [0.29, 0.717) is 10.2 Å². The van der Waals surface area contributed by atoms with Crippen molar-refractivity contribution >= 4 is 38.8 Å². The van der Waals surface area contributed by atoms with Crippen LogP contribution in [-0.2, 0) is 17.5 Å². The second kappa shape index (κ2) is 7.16. The molecular weight excluding hydrogens is 379 g/mol. The number of pyridine rings is 1. The van der Waals surface area contributed by atoms with Gasteiger partial charge in [0, 0.05) is 18.2 Å². The van der Waals surface area contributed by atoms with Crippen molar-refractivity contribution < 1.29 is 22.7 Å². The third kappa shape index (κ3) is 3.74. The van der Waals surface area contributed by atoms with Gasteiger partial charge in [-0.3, -0.25) is 4.79 Å². The van der Waals surface area contributed by atoms with E-state index in [1.165, 1.54) is 25.3 Å². The number of hydrogen-bond donors (Lipinski definition) is 2. The van der Waals surface area contributed by atoms with E-state index in [0.717, 1.165) is 28.7 Å². The molecule has 0 bridgehead atoms. The third-order valence-electron chi connectivity index (χ3n) is 3.90. The van der Waals surface area contributed by atoms with E-state index >= 15 is 0 Å². The zero-order valence-electron chi connectivity index (χ0n) is 14.5. The van der Waals surface area contributed by atoms with Crippen molar-refractivity contribution in [2.75, 3.05) is 18.2 Å². The highest BCUT2D eigenvalue weighted by Crippen LogP contribution is 2.38. The number of nitrogen functional groups attached to an aromatic ring is 1. The summed E-state index contributed by atoms with van der Waals surface area (Å²) in [5.74, 6) is -0.715. The van der Waals surface area contributed by atoms with Gasteiger partial charge in [-0.1, -0.05) is 12.1 Å². The number of carbonyl (C=O) groups is 1. The number of benzene rings is 1. The number of ether oxygens (including phenoxy) is 1. The number of rotatable bonds is 4. The summed E-state index contributed by atoms with van der Waals surface area (Å²) in [5, 5.41) is 2.90. The maximum absolute atomic E-state index is 13.1. The molecule has 1 amide bonds. The summed E-state index contributed by atoms with van der Waals surface area (Å²) >= 11 is 1.03. The molecule has 0 aliphatic carbocycles. The Labute approximate surface area is 157 Å². The van der Waals surface area contributed by atoms with Crippen molar-refractivity contribution in [3.05, 3.63) is 52.0 Å². The van der Waals surface area contributed by atoms with Gasteiger partial charge in [0.1, 0.15) is 9.71 Å². The number of aromatic nitrogens is 1. The number of methoxy groups -OCH3 is 1. The molecule has 0 spiro atoms. The average Bonchev–Trinajstić information content (AvgIpc) is 2.91. The largest absolute Gasteiger partial charge is 0.418 e. The fourth-order valence-corrected chi connectivity index (χ4v) is 3.88. The number of thiophene rings is 1. The number of carbonyl (C=O) groups excluding carboxylic acids is 1. The monoisotopic (exact) mass is 395 g/mol. The van der Waals surface area contributed by atoms with Crippen LogP contribution in [0.5, 0.6) is 0 Å². The van der Waals surface area contributed by atoms with Crippen LogP contribution in [0.15, 0.2) is 30.3 Å². The molecule has 0 unspecified atom stereocenters. The average molecular weight is 395 g/mol. The maximum atomic E-state index is 13.1. The summed E-state index contributed by atoms with van der Waals surface area (Å²) in [6, 6.07) is 6.58. The number of para-hydroxylation sites is 1. The van der Waals surface area contributed by atoms with Crippen LogP contribution in [0.25, 0.3) is 10.2 Å². The van der Waals surface area contributed by atoms with Gasteiger partial charge in [-0.2, -0.15) is 13.2 Å². The first-order valence-electron chi connectivity index (χ1n) is 7.87. The Bertz CT molecular complexity index is 1010. The number of nitrogens with two attached hydrogens (primary N) is 1. The standard InChI is InChI=1S/C18H16F3N3O2S/c1-9-7-10(8-26-2)13-14(22)15(27-17(13)23-9)16(25)24-12-6-4-3-5-11(12)18(19,20)21/h3-7H,8,22H2,1-2H3,(H,24,25). The SMILES string of the molecule is COCc1cc(C)nc2sc(C(=O)Nc3ccccc3C(F)(F)F)c(N)c12. The summed E-state index contributed by atoms with van der Waals surface area (Å²) in [6.45, 7) is 2.08. The number of hydrogen-bond acceptors (Lipinski definition) is 5. The minimum absolute atomic E-state index is 0.109. The Morgan fingerprint density at radius 3 is 2.70 bits per heavy atom. The number of alkyl halides is 3. The number of halogens is 3. The number of aryl methyl sites for hydroxylation is 1. The van der Waals surface area contributed by atoms with Crippen LogP contribution < -0.4 is 11.1 Å². The molecule has 3 aromatic rings. The highest BCUT2D eigenvalue weighted by atomic mass is 32.1. The summed E-state index contributed by atoms with van der Waals surface area (Å²) in [6.07, 6.45) is -4.58. The quantitative estimate of drug-likeness (QED) is 0.677. The van der Waals surface area contributed by atoms with Crippen LogP contribution in [-0.4, -0.2) is 18.0 Å². The molecule has 0 saturated carbocycles. The minimum atomic E-state index is -4.58. The lowest BCUT2D eigenvalue weighted by atomic mass is 10.1. The Morgan fingerprint density at radius 1 is 1.33 bits per heavy atom. The van der Waals surface area contributed by atoms with Crippen molar-refractivity contribution in [3.63, 3.8) is 0 Å². The first-order chi connectivity index (χ1) is 12.7. The number of fused-ring (bicyclic) bond motifs is 1. The number of nitrogens with one attached hydrogen (secondary N) is 1. The molecule has 5 nitrogen and oxygen atoms in total. The van der Waals surface area contributed by atoms with Gasteiger partial charge in [-0.05, 0) is 30.7 Å². The third-order valence-corrected chi connectivity index (χ3v) is 4.99. The van der Waals surface area contributed by atoms with Crippen LogP contribution in [0.3, 0.4) is 0 Å². The Hall–Kier alpha value is -2.65. The van der Waals surface area contributed by atoms with Crippen LogP contribution in [0.1, 0.15) is 26.5 Å². The molecule has 0 saturated heterocycles. The molecule has 2 aromatic heterocycles. The molecule has 0 radical (unpaired) electrons. The lowest BCUT2D eigenvalue weighted by Gasteiger charge is -2.13. The van der Waals surface area contributed by atoms with Crippen LogP contribution in [0.2, 0.25) is 0 Å². The molecule has 9 heteroatoms. The molecule has 142 valence electrons. The van der Waals surface area contributed by atoms with Crippen LogP contribution in [0, 0.1) is 6.92 Å². The van der Waals surface area contributed by atoms with E-state index in [9.17, 15) is 18.0 Å². The van der Waals surface area contributed by atoms with Crippen molar-refractivity contribution in [2.45, 2.75) is 19.7 Å². The van der Waals surface area contributed by atoms with Gasteiger partial charge in [0.25, 0.3) is 5.91 Å². The predicted molar refractivity (Wildman–Crippen MR) is 98.9 cm³/mol. The molecule has 0 aliphatic rings. The lowest BCUT2D eigenvalue weighted by Crippen LogP contribution is -2.16. The molecule has 0 fully saturated rings. The predicted octanol–water partition coefficient (Wildman–Crippen LogP) is 4.60. The highest BCUT2D eigenvalue weighted by molar-refractivity contribution is 7.21. The second-order valence-electron chi connectivity index (χ2n) is 5.88. The topological polar surface area (TPSA) is 77.2 Å². The summed E-state index contributed by atoms with van der Waals surface area (Å²) < 4.78 is 44.6. The summed E-state index contributed by atoms with van der Waals surface area (Å²) in [7, 11) is 1.53. The lowest BCUT2D eigenvalue weighted by molar-refractivity contribution is -0.136. The van der Waals surface area contributed by atoms with E-state index in [1.807, 2.05) is 0 Å². The Kier molecular flexibility index (Phi) is 5.07. The summed E-state index contributed by atoms with van der Waals surface area (Å²) in [5.41, 5.74) is 6.55. The van der Waals surface area contributed by atoms with Crippen LogP contribution in [0.4, 0.5) is 24.5 Å². The fraction of sp³-hybridized carbons (Fsp3) is 0.222. The molecule has 27 heavy (non-hydrogen) atoms. The molecule has 1 aromatic carbocycles. The van der Waals surface area contributed by atoms with Gasteiger partial charge in [0.15, 0.2) is 0 Å². The van der Waals surface area contributed by atoms with Crippen molar-refractivity contribution in [1.29, 1.82) is 0 Å². The van der Waals surface area contributed by atoms with E-state index in [1.54, 1.807) is 13.0 Å². The van der Waals surface area contributed by atoms with Gasteiger partial charge in [0.05, 0.1) is 23.5 Å². The molecule has 2 heterocycles. The van der Waals surface area contributed by atoms with Crippen molar-refractivity contribution in [2.24, 2.45) is 0 Å². The Morgan fingerprint density at radius 2 is 2.04 bits per heavy atom. The minimum Gasteiger partial charge on any atom is -0.397 e. The van der Waals surface area contributed by atoms with Crippen molar-refractivity contribution in [1.82, 2.24) is 4.98 Å². The molecule has 3 rings (SSSR count). The fourth-order valence-electron chi connectivity index (χ4n) is 2.79. The first kappa shape index (κ1) is 19.1. The molecule has 0 aliphatic heterocycles. The summed E-state index contributed by atoms with van der Waals surface area (Å²) in [4.78, 5) is 17.6. The van der Waals surface area contributed by atoms with Crippen molar-refractivity contribution in [3.8, 4) is 0 Å². The van der Waals surface area contributed by atoms with E-state index < -0.39 is 17.6 Å². The second-order valence-corrected chi connectivity index (χ2v) is 6.88. The van der Waals surface area contributed by atoms with Crippen LogP contribution >= 0.6 is 11.3 Å². The zero-order valence-corrected chi connectivity index (χ0v) is 15.3. The van der Waals surface area contributed by atoms with E-state index in [4.69, 9.17) is 10.5 Å². The highest BCUT2D eigenvalue weighted by Gasteiger charge is 2.34. The van der Waals surface area contributed by atoms with E-state index in [-0.39, 0.29) is 22.9 Å². The first-order valence-corrected chi connectivity index (χ1v) is 8.69. The maximum Gasteiger partial charge on any atom is 0.418 e. The van der Waals surface area contributed by atoms with Gasteiger partial charge in [-0.15, -0.1) is 11.3 Å². The molecule has 0 atom stereocenters. The normalized spacial score (nSPS) is 11.7. The number of amides is 1. The molecular formula is C18H16F3N3O2S. The Balaban J connectivity index is 2.03. The smallest absolute Gasteiger partial charge is 0.397 e. The molecule has 3 N–H and O–H groups in total.